The van der Waals surface area contributed by atoms with Gasteiger partial charge in [-0.15, -0.1) is 0 Å². The maximum atomic E-state index is 13.3. The molecule has 2 fully saturated rings. The first kappa shape index (κ1) is 23.6. The number of hydrogen-bond acceptors (Lipinski definition) is 5. The summed E-state index contributed by atoms with van der Waals surface area (Å²) >= 11 is 0. The molecule has 2 aliphatic rings. The predicted molar refractivity (Wildman–Crippen MR) is 137 cm³/mol. The standard InChI is InChI=1S/C29H34N4O2/c1-21-27(11-10-22-6-5-9-24(18-22)23-7-3-2-4-8-23)30-20-31-28(21)29(35)32-15-12-25(13-16-32)33-17-14-26(34)19-33/h2-9,18,20,25-26,34H,10-17,19H2,1H3. The van der Waals surface area contributed by atoms with E-state index in [2.05, 4.69) is 63.4 Å². The highest BCUT2D eigenvalue weighted by Gasteiger charge is 2.32. The molecule has 3 aromatic rings. The molecule has 0 aliphatic carbocycles. The van der Waals surface area contributed by atoms with Gasteiger partial charge in [-0.25, -0.2) is 9.97 Å². The lowest BCUT2D eigenvalue weighted by Crippen LogP contribution is -2.46. The van der Waals surface area contributed by atoms with Crippen molar-refractivity contribution in [2.24, 2.45) is 0 Å². The van der Waals surface area contributed by atoms with Crippen molar-refractivity contribution in [1.82, 2.24) is 19.8 Å². The fourth-order valence-electron chi connectivity index (χ4n) is 5.44. The van der Waals surface area contributed by atoms with Gasteiger partial charge in [0, 0.05) is 43.5 Å². The van der Waals surface area contributed by atoms with Crippen molar-refractivity contribution >= 4 is 5.91 Å². The van der Waals surface area contributed by atoms with Crippen molar-refractivity contribution in [2.75, 3.05) is 26.2 Å². The van der Waals surface area contributed by atoms with Gasteiger partial charge in [0.1, 0.15) is 12.0 Å². The van der Waals surface area contributed by atoms with Crippen LogP contribution in [0.4, 0.5) is 0 Å². The molecule has 0 bridgehead atoms. The molecule has 2 saturated heterocycles. The summed E-state index contributed by atoms with van der Waals surface area (Å²) in [5, 5.41) is 9.84. The number of benzene rings is 2. The number of aliphatic hydroxyl groups is 1. The van der Waals surface area contributed by atoms with Crippen LogP contribution in [0.25, 0.3) is 11.1 Å². The number of nitrogens with zero attached hydrogens (tertiary/aromatic N) is 4. The molecule has 1 aromatic heterocycles. The smallest absolute Gasteiger partial charge is 0.272 e. The van der Waals surface area contributed by atoms with E-state index in [1.807, 2.05) is 17.9 Å². The lowest BCUT2D eigenvalue weighted by atomic mass is 9.99. The van der Waals surface area contributed by atoms with E-state index in [0.29, 0.717) is 11.7 Å². The summed E-state index contributed by atoms with van der Waals surface area (Å²) in [5.74, 6) is 0.0112. The number of aromatic nitrogens is 2. The Morgan fingerprint density at radius 1 is 0.943 bits per heavy atom. The van der Waals surface area contributed by atoms with Crippen LogP contribution in [0.1, 0.15) is 46.6 Å². The van der Waals surface area contributed by atoms with Gasteiger partial charge in [-0.05, 0) is 55.7 Å². The molecule has 0 saturated carbocycles. The Labute approximate surface area is 207 Å². The van der Waals surface area contributed by atoms with Gasteiger partial charge in [0.15, 0.2) is 0 Å². The second-order valence-electron chi connectivity index (χ2n) is 9.82. The molecular weight excluding hydrogens is 436 g/mol. The quantitative estimate of drug-likeness (QED) is 0.592. The van der Waals surface area contributed by atoms with Crippen LogP contribution in [0.15, 0.2) is 60.9 Å². The van der Waals surface area contributed by atoms with E-state index < -0.39 is 0 Å². The van der Waals surface area contributed by atoms with E-state index in [4.69, 9.17) is 0 Å². The minimum Gasteiger partial charge on any atom is -0.392 e. The maximum absolute atomic E-state index is 13.3. The van der Waals surface area contributed by atoms with Crippen LogP contribution in [0.2, 0.25) is 0 Å². The Hall–Kier alpha value is -3.09. The lowest BCUT2D eigenvalue weighted by Gasteiger charge is -2.36. The molecule has 1 amide bonds. The topological polar surface area (TPSA) is 69.6 Å². The van der Waals surface area contributed by atoms with Crippen LogP contribution in [0, 0.1) is 6.92 Å². The zero-order valence-corrected chi connectivity index (χ0v) is 20.4. The SMILES string of the molecule is Cc1c(CCc2cccc(-c3ccccc3)c2)ncnc1C(=O)N1CCC(N2CCC(O)C2)CC1. The minimum absolute atomic E-state index is 0.0112. The van der Waals surface area contributed by atoms with Crippen LogP contribution in [0.3, 0.4) is 0 Å². The molecule has 1 N–H and O–H groups in total. The molecule has 6 nitrogen and oxygen atoms in total. The molecule has 0 spiro atoms. The Kier molecular flexibility index (Phi) is 7.21. The number of carbonyl (C=O) groups is 1. The Morgan fingerprint density at radius 3 is 2.46 bits per heavy atom. The predicted octanol–water partition coefficient (Wildman–Crippen LogP) is 3.91. The number of likely N-dealkylation sites (tertiary alicyclic amines) is 2. The molecular formula is C29H34N4O2. The lowest BCUT2D eigenvalue weighted by molar-refractivity contribution is 0.0621. The minimum atomic E-state index is -0.197. The molecule has 3 heterocycles. The van der Waals surface area contributed by atoms with Crippen molar-refractivity contribution in [1.29, 1.82) is 0 Å². The largest absolute Gasteiger partial charge is 0.392 e. The summed E-state index contributed by atoms with van der Waals surface area (Å²) in [4.78, 5) is 26.5. The van der Waals surface area contributed by atoms with Crippen molar-refractivity contribution in [3.05, 3.63) is 83.4 Å². The summed E-state index contributed by atoms with van der Waals surface area (Å²) in [5.41, 5.74) is 6.04. The van der Waals surface area contributed by atoms with Gasteiger partial charge in [-0.1, -0.05) is 54.6 Å². The van der Waals surface area contributed by atoms with Crippen LogP contribution in [-0.4, -0.2) is 69.1 Å². The molecule has 182 valence electrons. The highest BCUT2D eigenvalue weighted by Crippen LogP contribution is 2.24. The Bertz CT molecular complexity index is 1160. The number of piperidine rings is 1. The first-order valence-corrected chi connectivity index (χ1v) is 12.7. The fraction of sp³-hybridized carbons (Fsp3) is 0.414. The molecule has 35 heavy (non-hydrogen) atoms. The molecule has 2 aromatic carbocycles. The third-order valence-corrected chi connectivity index (χ3v) is 7.54. The van der Waals surface area contributed by atoms with Crippen LogP contribution < -0.4 is 0 Å². The number of amides is 1. The third-order valence-electron chi connectivity index (χ3n) is 7.54. The van der Waals surface area contributed by atoms with Gasteiger partial charge in [-0.3, -0.25) is 9.69 Å². The molecule has 5 rings (SSSR count). The van der Waals surface area contributed by atoms with E-state index >= 15 is 0 Å². The molecule has 1 unspecified atom stereocenters. The average Bonchev–Trinajstić information content (AvgIpc) is 3.35. The summed E-state index contributed by atoms with van der Waals surface area (Å²) in [7, 11) is 0. The average molecular weight is 471 g/mol. The first-order chi connectivity index (χ1) is 17.1. The van der Waals surface area contributed by atoms with Gasteiger partial charge in [0.2, 0.25) is 0 Å². The summed E-state index contributed by atoms with van der Waals surface area (Å²) in [6.45, 7) is 5.17. The molecule has 0 radical (unpaired) electrons. The van der Waals surface area contributed by atoms with E-state index in [1.54, 1.807) is 0 Å². The Balaban J connectivity index is 1.22. The van der Waals surface area contributed by atoms with Gasteiger partial charge in [0.05, 0.1) is 6.10 Å². The second kappa shape index (κ2) is 10.7. The summed E-state index contributed by atoms with van der Waals surface area (Å²) in [6, 6.07) is 19.5. The van der Waals surface area contributed by atoms with Crippen LogP contribution in [-0.2, 0) is 12.8 Å². The number of rotatable bonds is 6. The van der Waals surface area contributed by atoms with E-state index in [0.717, 1.165) is 69.5 Å². The number of hydrogen-bond donors (Lipinski definition) is 1. The van der Waals surface area contributed by atoms with Crippen molar-refractivity contribution in [3.63, 3.8) is 0 Å². The number of β-amino-alcohol motifs (C(OH)–C–C–N with tert-alkyl or cyclic N) is 1. The van der Waals surface area contributed by atoms with Gasteiger partial charge < -0.3 is 10.0 Å². The number of carbonyl (C=O) groups excluding carboxylic acids is 1. The Morgan fingerprint density at radius 2 is 1.71 bits per heavy atom. The van der Waals surface area contributed by atoms with Crippen molar-refractivity contribution in [3.8, 4) is 11.1 Å². The van der Waals surface area contributed by atoms with Gasteiger partial charge in [-0.2, -0.15) is 0 Å². The zero-order chi connectivity index (χ0) is 24.2. The van der Waals surface area contributed by atoms with E-state index in [9.17, 15) is 9.90 Å². The van der Waals surface area contributed by atoms with Crippen LogP contribution in [0.5, 0.6) is 0 Å². The third kappa shape index (κ3) is 5.44. The molecule has 1 atom stereocenters. The monoisotopic (exact) mass is 470 g/mol. The fourth-order valence-corrected chi connectivity index (χ4v) is 5.44. The van der Waals surface area contributed by atoms with Crippen molar-refractivity contribution < 1.29 is 9.90 Å². The first-order valence-electron chi connectivity index (χ1n) is 12.7. The summed E-state index contributed by atoms with van der Waals surface area (Å²) < 4.78 is 0. The normalized spacial score (nSPS) is 19.3. The number of aliphatic hydroxyl groups excluding tert-OH is 1. The zero-order valence-electron chi connectivity index (χ0n) is 20.4. The highest BCUT2D eigenvalue weighted by atomic mass is 16.3. The van der Waals surface area contributed by atoms with Gasteiger partial charge in [0.25, 0.3) is 5.91 Å². The highest BCUT2D eigenvalue weighted by molar-refractivity contribution is 5.93. The van der Waals surface area contributed by atoms with E-state index in [1.165, 1.54) is 23.0 Å². The number of aryl methyl sites for hydroxylation is 2. The van der Waals surface area contributed by atoms with Gasteiger partial charge >= 0.3 is 0 Å². The van der Waals surface area contributed by atoms with Crippen LogP contribution >= 0.6 is 0 Å². The molecule has 6 heteroatoms. The molecule has 2 aliphatic heterocycles. The van der Waals surface area contributed by atoms with E-state index in [-0.39, 0.29) is 12.0 Å². The maximum Gasteiger partial charge on any atom is 0.272 e. The second-order valence-corrected chi connectivity index (χ2v) is 9.82. The van der Waals surface area contributed by atoms with Crippen molar-refractivity contribution in [2.45, 2.75) is 51.2 Å². The summed E-state index contributed by atoms with van der Waals surface area (Å²) in [6.07, 6.45) is 5.73.